The van der Waals surface area contributed by atoms with Crippen LogP contribution in [-0.4, -0.2) is 30.0 Å². The first kappa shape index (κ1) is 15.7. The van der Waals surface area contributed by atoms with Crippen LogP contribution in [0, 0.1) is 0 Å². The Hall–Kier alpha value is -2.32. The molecule has 0 aliphatic carbocycles. The number of carbonyl (C=O) groups excluding carboxylic acids is 2. The molecule has 0 unspecified atom stereocenters. The molecule has 0 aliphatic rings. The molecule has 0 radical (unpaired) electrons. The van der Waals surface area contributed by atoms with Gasteiger partial charge in [0, 0.05) is 19.3 Å². The molecule has 2 N–H and O–H groups in total. The van der Waals surface area contributed by atoms with Crippen molar-refractivity contribution in [1.82, 2.24) is 15.2 Å². The van der Waals surface area contributed by atoms with Gasteiger partial charge in [-0.3, -0.25) is 14.4 Å². The van der Waals surface area contributed by atoms with E-state index in [4.69, 9.17) is 0 Å². The first-order valence-electron chi connectivity index (χ1n) is 5.49. The van der Waals surface area contributed by atoms with Crippen molar-refractivity contribution in [3.05, 3.63) is 34.2 Å². The molecular formula is C11H12F3N3O3. The number of alkyl halides is 3. The van der Waals surface area contributed by atoms with Crippen molar-refractivity contribution in [3.8, 4) is 0 Å². The second-order valence-electron chi connectivity index (χ2n) is 3.83. The summed E-state index contributed by atoms with van der Waals surface area (Å²) in [6.45, 7) is -0.914. The van der Waals surface area contributed by atoms with E-state index in [-0.39, 0.29) is 6.54 Å². The SMILES string of the molecule is CNC(=O)CNC(=O)Cn1cc(C(F)(F)F)ccc1=O. The lowest BCUT2D eigenvalue weighted by molar-refractivity contribution is -0.138. The average molecular weight is 291 g/mol. The van der Waals surface area contributed by atoms with Crippen LogP contribution in [0.5, 0.6) is 0 Å². The Balaban J connectivity index is 2.79. The van der Waals surface area contributed by atoms with Gasteiger partial charge >= 0.3 is 6.18 Å². The first-order valence-corrected chi connectivity index (χ1v) is 5.49. The highest BCUT2D eigenvalue weighted by Gasteiger charge is 2.31. The lowest BCUT2D eigenvalue weighted by atomic mass is 10.3. The molecule has 1 heterocycles. The summed E-state index contributed by atoms with van der Waals surface area (Å²) in [5.74, 6) is -1.20. The molecule has 0 saturated heterocycles. The Morgan fingerprint density at radius 1 is 1.25 bits per heavy atom. The van der Waals surface area contributed by atoms with Crippen molar-refractivity contribution < 1.29 is 22.8 Å². The Morgan fingerprint density at radius 3 is 2.45 bits per heavy atom. The third-order valence-corrected chi connectivity index (χ3v) is 2.35. The standard InChI is InChI=1S/C11H12F3N3O3/c1-15-8(18)4-16-9(19)6-17-5-7(11(12,13)14)2-3-10(17)20/h2-3,5H,4,6H2,1H3,(H,15,18)(H,16,19). The van der Waals surface area contributed by atoms with Gasteiger partial charge in [-0.05, 0) is 6.07 Å². The monoisotopic (exact) mass is 291 g/mol. The van der Waals surface area contributed by atoms with Gasteiger partial charge in [-0.15, -0.1) is 0 Å². The second kappa shape index (κ2) is 6.22. The third-order valence-electron chi connectivity index (χ3n) is 2.35. The molecule has 20 heavy (non-hydrogen) atoms. The van der Waals surface area contributed by atoms with Crippen LogP contribution in [-0.2, 0) is 22.3 Å². The van der Waals surface area contributed by atoms with Crippen molar-refractivity contribution in [1.29, 1.82) is 0 Å². The molecule has 1 rings (SSSR count). The fraction of sp³-hybridized carbons (Fsp3) is 0.364. The van der Waals surface area contributed by atoms with Gasteiger partial charge in [0.1, 0.15) is 6.54 Å². The van der Waals surface area contributed by atoms with E-state index in [1.807, 2.05) is 0 Å². The zero-order chi connectivity index (χ0) is 15.3. The topological polar surface area (TPSA) is 80.2 Å². The zero-order valence-corrected chi connectivity index (χ0v) is 10.5. The number of aromatic nitrogens is 1. The number of nitrogens with zero attached hydrogens (tertiary/aromatic N) is 1. The van der Waals surface area contributed by atoms with Crippen LogP contribution >= 0.6 is 0 Å². The number of carbonyl (C=O) groups is 2. The lowest BCUT2D eigenvalue weighted by Gasteiger charge is -2.10. The number of hydrogen-bond acceptors (Lipinski definition) is 3. The summed E-state index contributed by atoms with van der Waals surface area (Å²) in [5.41, 5.74) is -1.77. The van der Waals surface area contributed by atoms with E-state index in [0.717, 1.165) is 6.07 Å². The fourth-order valence-electron chi connectivity index (χ4n) is 1.30. The summed E-state index contributed by atoms with van der Waals surface area (Å²) in [6.07, 6.45) is -4.05. The van der Waals surface area contributed by atoms with Gasteiger partial charge in [0.15, 0.2) is 0 Å². The molecule has 0 aromatic carbocycles. The molecule has 110 valence electrons. The van der Waals surface area contributed by atoms with Crippen molar-refractivity contribution in [2.24, 2.45) is 0 Å². The Kier molecular flexibility index (Phi) is 4.89. The Morgan fingerprint density at radius 2 is 1.90 bits per heavy atom. The maximum atomic E-state index is 12.5. The van der Waals surface area contributed by atoms with E-state index in [0.29, 0.717) is 16.8 Å². The highest BCUT2D eigenvalue weighted by molar-refractivity contribution is 5.84. The summed E-state index contributed by atoms with van der Waals surface area (Å²) in [5, 5.41) is 4.43. The first-order chi connectivity index (χ1) is 9.24. The quantitative estimate of drug-likeness (QED) is 0.801. The van der Waals surface area contributed by atoms with E-state index in [1.54, 1.807) is 0 Å². The Bertz CT molecular complexity index is 566. The van der Waals surface area contributed by atoms with Gasteiger partial charge in [0.25, 0.3) is 5.56 Å². The van der Waals surface area contributed by atoms with Crippen LogP contribution in [0.3, 0.4) is 0 Å². The van der Waals surface area contributed by atoms with E-state index >= 15 is 0 Å². The number of hydrogen-bond donors (Lipinski definition) is 2. The number of amides is 2. The molecule has 1 aromatic rings. The molecule has 9 heteroatoms. The molecule has 0 spiro atoms. The lowest BCUT2D eigenvalue weighted by Crippen LogP contribution is -2.38. The van der Waals surface area contributed by atoms with Crippen molar-refractivity contribution in [3.63, 3.8) is 0 Å². The third kappa shape index (κ3) is 4.41. The molecule has 2 amide bonds. The summed E-state index contributed by atoms with van der Waals surface area (Å²) in [4.78, 5) is 33.7. The predicted molar refractivity (Wildman–Crippen MR) is 62.8 cm³/mol. The van der Waals surface area contributed by atoms with Gasteiger partial charge < -0.3 is 15.2 Å². The molecule has 0 saturated carbocycles. The predicted octanol–water partition coefficient (Wildman–Crippen LogP) is -0.271. The van der Waals surface area contributed by atoms with Crippen LogP contribution in [0.25, 0.3) is 0 Å². The van der Waals surface area contributed by atoms with E-state index < -0.39 is 35.7 Å². The minimum atomic E-state index is -4.60. The zero-order valence-electron chi connectivity index (χ0n) is 10.5. The van der Waals surface area contributed by atoms with Gasteiger partial charge in [0.2, 0.25) is 11.8 Å². The van der Waals surface area contributed by atoms with Crippen LogP contribution < -0.4 is 16.2 Å². The maximum absolute atomic E-state index is 12.5. The number of rotatable bonds is 4. The van der Waals surface area contributed by atoms with Crippen molar-refractivity contribution in [2.45, 2.75) is 12.7 Å². The molecule has 6 nitrogen and oxygen atoms in total. The average Bonchev–Trinajstić information content (AvgIpc) is 2.37. The summed E-state index contributed by atoms with van der Waals surface area (Å²) in [6, 6.07) is 1.37. The number of likely N-dealkylation sites (N-methyl/N-ethyl adjacent to an activating group) is 1. The van der Waals surface area contributed by atoms with E-state index in [1.165, 1.54) is 7.05 Å². The minimum Gasteiger partial charge on any atom is -0.358 e. The molecule has 0 bridgehead atoms. The Labute approximate surface area is 111 Å². The smallest absolute Gasteiger partial charge is 0.358 e. The number of nitrogens with one attached hydrogen (secondary N) is 2. The van der Waals surface area contributed by atoms with Gasteiger partial charge in [0.05, 0.1) is 12.1 Å². The van der Waals surface area contributed by atoms with E-state index in [9.17, 15) is 27.6 Å². The number of pyridine rings is 1. The maximum Gasteiger partial charge on any atom is 0.417 e. The van der Waals surface area contributed by atoms with Gasteiger partial charge in [-0.2, -0.15) is 13.2 Å². The summed E-state index contributed by atoms with van der Waals surface area (Å²) >= 11 is 0. The molecule has 1 aromatic heterocycles. The van der Waals surface area contributed by atoms with E-state index in [2.05, 4.69) is 10.6 Å². The molecular weight excluding hydrogens is 279 g/mol. The fourth-order valence-corrected chi connectivity index (χ4v) is 1.30. The van der Waals surface area contributed by atoms with Crippen LogP contribution in [0.15, 0.2) is 23.1 Å². The van der Waals surface area contributed by atoms with Crippen LogP contribution in [0.1, 0.15) is 5.56 Å². The largest absolute Gasteiger partial charge is 0.417 e. The second-order valence-corrected chi connectivity index (χ2v) is 3.83. The van der Waals surface area contributed by atoms with Crippen molar-refractivity contribution in [2.75, 3.05) is 13.6 Å². The number of halogens is 3. The highest BCUT2D eigenvalue weighted by Crippen LogP contribution is 2.27. The van der Waals surface area contributed by atoms with Crippen LogP contribution in [0.4, 0.5) is 13.2 Å². The summed E-state index contributed by atoms with van der Waals surface area (Å²) in [7, 11) is 1.37. The normalized spacial score (nSPS) is 11.0. The van der Waals surface area contributed by atoms with Gasteiger partial charge in [-0.1, -0.05) is 0 Å². The molecule has 0 atom stereocenters. The molecule has 0 fully saturated rings. The molecule has 0 aliphatic heterocycles. The van der Waals surface area contributed by atoms with Crippen molar-refractivity contribution >= 4 is 11.8 Å². The van der Waals surface area contributed by atoms with Crippen LogP contribution in [0.2, 0.25) is 0 Å². The highest BCUT2D eigenvalue weighted by atomic mass is 19.4. The minimum absolute atomic E-state index is 0.316. The van der Waals surface area contributed by atoms with Gasteiger partial charge in [-0.25, -0.2) is 0 Å². The summed E-state index contributed by atoms with van der Waals surface area (Å²) < 4.78 is 38.0.